The summed E-state index contributed by atoms with van der Waals surface area (Å²) >= 11 is 0. The molecular formula is C7H4BrF3OPd-. The van der Waals surface area contributed by atoms with E-state index in [2.05, 4.69) is 10.5 Å². The molecule has 1 nitrogen and oxygen atoms in total. The fraction of sp³-hybridized carbons (Fsp3) is 0.143. The van der Waals surface area contributed by atoms with Gasteiger partial charge in [-0.05, 0) is 18.2 Å². The second-order valence-corrected chi connectivity index (χ2v) is 1.78. The first-order valence-electron chi connectivity index (χ1n) is 2.80. The van der Waals surface area contributed by atoms with Crippen molar-refractivity contribution >= 4 is 0 Å². The van der Waals surface area contributed by atoms with E-state index in [0.717, 1.165) is 0 Å². The molecule has 0 aromatic heterocycles. The normalized spacial score (nSPS) is 13.9. The summed E-state index contributed by atoms with van der Waals surface area (Å²) in [6, 6.07) is 0. The first-order chi connectivity index (χ1) is 5.08. The predicted molar refractivity (Wildman–Crippen MR) is 32.2 cm³/mol. The summed E-state index contributed by atoms with van der Waals surface area (Å²) in [7, 11) is 0. The van der Waals surface area contributed by atoms with Gasteiger partial charge in [-0.15, -0.1) is 18.9 Å². The zero-order chi connectivity index (χ0) is 8.32. The van der Waals surface area contributed by atoms with E-state index in [-0.39, 0.29) is 43.2 Å². The maximum atomic E-state index is 11.5. The van der Waals surface area contributed by atoms with Crippen molar-refractivity contribution in [1.29, 1.82) is 0 Å². The van der Waals surface area contributed by atoms with Gasteiger partial charge in [0.2, 0.25) is 0 Å². The van der Waals surface area contributed by atoms with Crippen LogP contribution in [0.1, 0.15) is 0 Å². The van der Waals surface area contributed by atoms with Crippen molar-refractivity contribution in [2.75, 3.05) is 0 Å². The maximum absolute atomic E-state index is 11.5. The van der Waals surface area contributed by atoms with E-state index in [1.807, 2.05) is 0 Å². The van der Waals surface area contributed by atoms with Gasteiger partial charge < -0.3 is 21.7 Å². The third-order valence-electron chi connectivity index (χ3n) is 0.921. The molecule has 0 fully saturated rings. The third kappa shape index (κ3) is 7.09. The number of hydrogen-bond acceptors (Lipinski definition) is 1. The first-order valence-corrected chi connectivity index (χ1v) is 2.80. The Kier molecular flexibility index (Phi) is 7.67. The number of halogens is 4. The number of ether oxygens (including phenoxy) is 1. The SMILES string of the molecule is FC(F)(F)OC1=CC=C=C[CH]1.[Br-].[Pd]. The van der Waals surface area contributed by atoms with Gasteiger partial charge in [0.05, 0.1) is 6.42 Å². The molecule has 0 heterocycles. The number of alkyl halides is 3. The van der Waals surface area contributed by atoms with Crippen molar-refractivity contribution < 1.29 is 55.3 Å². The molecule has 0 unspecified atom stereocenters. The van der Waals surface area contributed by atoms with Crippen molar-refractivity contribution in [1.82, 2.24) is 0 Å². The van der Waals surface area contributed by atoms with Crippen LogP contribution < -0.4 is 17.0 Å². The van der Waals surface area contributed by atoms with E-state index in [4.69, 9.17) is 0 Å². The van der Waals surface area contributed by atoms with Gasteiger partial charge in [-0.3, -0.25) is 0 Å². The number of rotatable bonds is 1. The molecule has 1 rings (SSSR count). The molecule has 0 aliphatic heterocycles. The Hall–Kier alpha value is -0.00766. The van der Waals surface area contributed by atoms with Crippen LogP contribution in [-0.2, 0) is 25.2 Å². The minimum absolute atomic E-state index is 0. The van der Waals surface area contributed by atoms with E-state index in [1.54, 1.807) is 0 Å². The van der Waals surface area contributed by atoms with Crippen molar-refractivity contribution in [3.05, 3.63) is 36.1 Å². The van der Waals surface area contributed by atoms with E-state index in [9.17, 15) is 13.2 Å². The van der Waals surface area contributed by atoms with Crippen LogP contribution >= 0.6 is 0 Å². The van der Waals surface area contributed by atoms with Crippen LogP contribution in [0, 0.1) is 6.42 Å². The molecule has 1 aliphatic carbocycles. The quantitative estimate of drug-likeness (QED) is 0.452. The largest absolute Gasteiger partial charge is 1.00 e. The van der Waals surface area contributed by atoms with Gasteiger partial charge in [-0.25, -0.2) is 0 Å². The Morgan fingerprint density at radius 1 is 1.23 bits per heavy atom. The molecule has 0 N–H and O–H groups in total. The Labute approximate surface area is 97.8 Å². The molecule has 0 aromatic carbocycles. The zero-order valence-corrected chi connectivity index (χ0v) is 9.19. The van der Waals surface area contributed by atoms with Gasteiger partial charge in [0, 0.05) is 20.4 Å². The van der Waals surface area contributed by atoms with Crippen LogP contribution in [-0.4, -0.2) is 6.36 Å². The monoisotopic (exact) mass is 346 g/mol. The van der Waals surface area contributed by atoms with Crippen LogP contribution in [0.2, 0.25) is 0 Å². The fourth-order valence-corrected chi connectivity index (χ4v) is 0.573. The Morgan fingerprint density at radius 2 is 1.85 bits per heavy atom. The molecule has 0 aromatic rings. The van der Waals surface area contributed by atoms with Crippen LogP contribution in [0.5, 0.6) is 0 Å². The molecule has 0 saturated carbocycles. The molecule has 0 amide bonds. The number of hydrogen-bond donors (Lipinski definition) is 0. The fourth-order valence-electron chi connectivity index (χ4n) is 0.573. The standard InChI is InChI=1S/C7H4F3O.BrH.Pd/c8-7(9,10)11-6-4-2-1-3-5-6;;/h2-5H;1H;/p-1. The van der Waals surface area contributed by atoms with Crippen LogP contribution in [0.4, 0.5) is 13.2 Å². The van der Waals surface area contributed by atoms with Crippen molar-refractivity contribution in [3.8, 4) is 0 Å². The molecule has 6 heteroatoms. The number of allylic oxidation sites excluding steroid dienone is 2. The van der Waals surface area contributed by atoms with E-state index < -0.39 is 6.36 Å². The average molecular weight is 347 g/mol. The van der Waals surface area contributed by atoms with Crippen molar-refractivity contribution in [2.45, 2.75) is 6.36 Å². The molecule has 77 valence electrons. The minimum Gasteiger partial charge on any atom is -1.00 e. The second-order valence-electron chi connectivity index (χ2n) is 1.78. The third-order valence-corrected chi connectivity index (χ3v) is 0.921. The topological polar surface area (TPSA) is 9.23 Å². The molecular weight excluding hydrogens is 343 g/mol. The van der Waals surface area contributed by atoms with Crippen LogP contribution in [0.15, 0.2) is 29.7 Å². The molecule has 1 aliphatic rings. The van der Waals surface area contributed by atoms with Crippen molar-refractivity contribution in [3.63, 3.8) is 0 Å². The predicted octanol–water partition coefficient (Wildman–Crippen LogP) is -0.663. The summed E-state index contributed by atoms with van der Waals surface area (Å²) in [6.07, 6.45) is 0.463. The summed E-state index contributed by atoms with van der Waals surface area (Å²) in [6.45, 7) is 0. The van der Waals surface area contributed by atoms with Gasteiger partial charge in [-0.2, -0.15) is 0 Å². The molecule has 0 saturated heterocycles. The summed E-state index contributed by atoms with van der Waals surface area (Å²) in [4.78, 5) is 0. The van der Waals surface area contributed by atoms with Gasteiger partial charge in [0.15, 0.2) is 0 Å². The first kappa shape index (κ1) is 15.5. The van der Waals surface area contributed by atoms with Gasteiger partial charge >= 0.3 is 6.36 Å². The molecule has 0 atom stereocenters. The van der Waals surface area contributed by atoms with E-state index in [1.165, 1.54) is 24.6 Å². The summed E-state index contributed by atoms with van der Waals surface area (Å²) in [5.41, 5.74) is 2.57. The summed E-state index contributed by atoms with van der Waals surface area (Å²) < 4.78 is 38.1. The van der Waals surface area contributed by atoms with E-state index >= 15 is 0 Å². The van der Waals surface area contributed by atoms with Crippen LogP contribution in [0.3, 0.4) is 0 Å². The average Bonchev–Trinajstić information content (AvgIpc) is 1.85. The van der Waals surface area contributed by atoms with Gasteiger partial charge in [0.25, 0.3) is 0 Å². The van der Waals surface area contributed by atoms with Crippen molar-refractivity contribution in [2.24, 2.45) is 0 Å². The molecule has 1 radical (unpaired) electrons. The van der Waals surface area contributed by atoms with E-state index in [0.29, 0.717) is 0 Å². The zero-order valence-electron chi connectivity index (χ0n) is 6.05. The Bertz CT molecular complexity index is 241. The molecule has 0 bridgehead atoms. The maximum Gasteiger partial charge on any atom is 0.572 e. The van der Waals surface area contributed by atoms with Gasteiger partial charge in [-0.1, -0.05) is 0 Å². The van der Waals surface area contributed by atoms with Crippen LogP contribution in [0.25, 0.3) is 0 Å². The smallest absolute Gasteiger partial charge is 0.572 e. The second kappa shape index (κ2) is 6.45. The Balaban J connectivity index is 0. The summed E-state index contributed by atoms with van der Waals surface area (Å²) in [5.74, 6) is -0.226. The van der Waals surface area contributed by atoms with Gasteiger partial charge in [0.1, 0.15) is 5.76 Å². The summed E-state index contributed by atoms with van der Waals surface area (Å²) in [5, 5.41) is 0. The Morgan fingerprint density at radius 3 is 2.23 bits per heavy atom. The molecule has 13 heavy (non-hydrogen) atoms. The minimum atomic E-state index is -4.61. The molecule has 0 spiro atoms.